The Morgan fingerprint density at radius 3 is 2.53 bits per heavy atom. The predicted octanol–water partition coefficient (Wildman–Crippen LogP) is 0.814. The molecule has 0 aliphatic rings. The number of benzene rings is 1. The first-order valence-corrected chi connectivity index (χ1v) is 8.00. The van der Waals surface area contributed by atoms with Gasteiger partial charge in [0.15, 0.2) is 0 Å². The van der Waals surface area contributed by atoms with E-state index in [2.05, 4.69) is 0 Å². The van der Waals surface area contributed by atoms with Crippen molar-refractivity contribution in [2.75, 3.05) is 32.1 Å². The Morgan fingerprint density at radius 1 is 1.26 bits per heavy atom. The second-order valence-electron chi connectivity index (χ2n) is 4.12. The van der Waals surface area contributed by atoms with E-state index in [1.54, 1.807) is 0 Å². The van der Waals surface area contributed by atoms with Gasteiger partial charge in [-0.05, 0) is 12.5 Å². The van der Waals surface area contributed by atoms with Crippen LogP contribution in [-0.4, -0.2) is 44.8 Å². The molecule has 1 rings (SSSR count). The van der Waals surface area contributed by atoms with Gasteiger partial charge in [0.05, 0.1) is 12.4 Å². The molecule has 1 aromatic rings. The number of rotatable bonds is 9. The molecule has 0 aliphatic carbocycles. The summed E-state index contributed by atoms with van der Waals surface area (Å²) in [5.74, 6) is -0.00628. The summed E-state index contributed by atoms with van der Waals surface area (Å²) < 4.78 is 30.9. The third kappa shape index (κ3) is 5.69. The highest BCUT2D eigenvalue weighted by Crippen LogP contribution is 2.09. The summed E-state index contributed by atoms with van der Waals surface area (Å²) in [6, 6.07) is 9.50. The van der Waals surface area contributed by atoms with Crippen LogP contribution in [0.4, 0.5) is 0 Å². The van der Waals surface area contributed by atoms with Crippen molar-refractivity contribution in [2.45, 2.75) is 13.5 Å². The molecule has 1 aromatic carbocycles. The fourth-order valence-corrected chi connectivity index (χ4v) is 3.00. The molecule has 0 atom stereocenters. The molecule has 19 heavy (non-hydrogen) atoms. The van der Waals surface area contributed by atoms with Crippen molar-refractivity contribution in [3.8, 4) is 0 Å². The quantitative estimate of drug-likeness (QED) is 0.682. The van der Waals surface area contributed by atoms with E-state index in [1.165, 1.54) is 4.31 Å². The van der Waals surface area contributed by atoms with E-state index in [1.807, 2.05) is 37.3 Å². The molecule has 6 heteroatoms. The summed E-state index contributed by atoms with van der Waals surface area (Å²) in [6.07, 6.45) is 0. The number of hydrogen-bond acceptors (Lipinski definition) is 4. The molecule has 0 aliphatic heterocycles. The average Bonchev–Trinajstić information content (AvgIpc) is 2.39. The minimum Gasteiger partial charge on any atom is -0.381 e. The monoisotopic (exact) mass is 286 g/mol. The minimum absolute atomic E-state index is 0.00628. The van der Waals surface area contributed by atoms with Gasteiger partial charge in [-0.25, -0.2) is 8.42 Å². The molecule has 0 radical (unpaired) electrons. The largest absolute Gasteiger partial charge is 0.381 e. The number of sulfonamides is 1. The molecule has 0 spiro atoms. The fraction of sp³-hybridized carbons (Fsp3) is 0.538. The maximum absolute atomic E-state index is 12.2. The van der Waals surface area contributed by atoms with Crippen molar-refractivity contribution < 1.29 is 13.2 Å². The lowest BCUT2D eigenvalue weighted by atomic mass is 10.2. The molecule has 0 saturated heterocycles. The molecule has 108 valence electrons. The minimum atomic E-state index is -3.33. The molecule has 0 fully saturated rings. The molecule has 0 bridgehead atoms. The Kier molecular flexibility index (Phi) is 7.01. The molecule has 0 aromatic heterocycles. The van der Waals surface area contributed by atoms with Crippen LogP contribution in [0, 0.1) is 0 Å². The summed E-state index contributed by atoms with van der Waals surface area (Å²) in [4.78, 5) is 0. The van der Waals surface area contributed by atoms with E-state index < -0.39 is 10.0 Å². The lowest BCUT2D eigenvalue weighted by Crippen LogP contribution is -2.37. The van der Waals surface area contributed by atoms with Crippen LogP contribution in [0.25, 0.3) is 0 Å². The zero-order chi connectivity index (χ0) is 14.1. The molecule has 5 nitrogen and oxygen atoms in total. The normalized spacial score (nSPS) is 11.9. The summed E-state index contributed by atoms with van der Waals surface area (Å²) in [5.41, 5.74) is 6.45. The van der Waals surface area contributed by atoms with Crippen molar-refractivity contribution >= 4 is 10.0 Å². The topological polar surface area (TPSA) is 72.6 Å². The highest BCUT2D eigenvalue weighted by Gasteiger charge is 2.21. The highest BCUT2D eigenvalue weighted by molar-refractivity contribution is 7.89. The summed E-state index contributed by atoms with van der Waals surface area (Å²) in [7, 11) is -3.33. The molecule has 0 heterocycles. The van der Waals surface area contributed by atoms with Crippen molar-refractivity contribution in [1.82, 2.24) is 4.31 Å². The predicted molar refractivity (Wildman–Crippen MR) is 76.2 cm³/mol. The standard InChI is InChI=1S/C13H22N2O3S/c1-2-18-10-11-19(16,17)15(9-8-14)12-13-6-4-3-5-7-13/h3-7H,2,8-12,14H2,1H3. The van der Waals surface area contributed by atoms with Gasteiger partial charge >= 0.3 is 0 Å². The number of nitrogens with zero attached hydrogens (tertiary/aromatic N) is 1. The van der Waals surface area contributed by atoms with Crippen LogP contribution in [0.5, 0.6) is 0 Å². The van der Waals surface area contributed by atoms with Gasteiger partial charge in [-0.15, -0.1) is 0 Å². The third-order valence-corrected chi connectivity index (χ3v) is 4.44. The van der Waals surface area contributed by atoms with Crippen LogP contribution in [0.3, 0.4) is 0 Å². The second-order valence-corrected chi connectivity index (χ2v) is 6.21. The van der Waals surface area contributed by atoms with Gasteiger partial charge in [0.25, 0.3) is 0 Å². The van der Waals surface area contributed by atoms with Crippen molar-refractivity contribution in [3.05, 3.63) is 35.9 Å². The third-order valence-electron chi connectivity index (χ3n) is 2.66. The van der Waals surface area contributed by atoms with Gasteiger partial charge in [0.1, 0.15) is 0 Å². The van der Waals surface area contributed by atoms with Gasteiger partial charge in [0, 0.05) is 26.2 Å². The number of ether oxygens (including phenoxy) is 1. The maximum atomic E-state index is 12.2. The lowest BCUT2D eigenvalue weighted by molar-refractivity contribution is 0.162. The maximum Gasteiger partial charge on any atom is 0.216 e. The van der Waals surface area contributed by atoms with Crippen LogP contribution in [0.1, 0.15) is 12.5 Å². The van der Waals surface area contributed by atoms with Crippen molar-refractivity contribution in [3.63, 3.8) is 0 Å². The molecule has 0 saturated carbocycles. The van der Waals surface area contributed by atoms with E-state index in [0.29, 0.717) is 26.2 Å². The Hall–Kier alpha value is -0.950. The fourth-order valence-electron chi connectivity index (χ4n) is 1.69. The van der Waals surface area contributed by atoms with Gasteiger partial charge in [-0.3, -0.25) is 0 Å². The first-order valence-electron chi connectivity index (χ1n) is 6.39. The lowest BCUT2D eigenvalue weighted by Gasteiger charge is -2.21. The van der Waals surface area contributed by atoms with Crippen LogP contribution in [0.2, 0.25) is 0 Å². The average molecular weight is 286 g/mol. The van der Waals surface area contributed by atoms with E-state index in [0.717, 1.165) is 5.56 Å². The molecule has 0 amide bonds. The first-order chi connectivity index (χ1) is 9.10. The van der Waals surface area contributed by atoms with Crippen molar-refractivity contribution in [1.29, 1.82) is 0 Å². The van der Waals surface area contributed by atoms with Gasteiger partial charge < -0.3 is 10.5 Å². The zero-order valence-corrected chi connectivity index (χ0v) is 12.1. The van der Waals surface area contributed by atoms with Crippen LogP contribution >= 0.6 is 0 Å². The van der Waals surface area contributed by atoms with E-state index in [-0.39, 0.29) is 12.4 Å². The summed E-state index contributed by atoms with van der Waals surface area (Å²) >= 11 is 0. The Balaban J connectivity index is 2.70. The van der Waals surface area contributed by atoms with Crippen LogP contribution < -0.4 is 5.73 Å². The zero-order valence-electron chi connectivity index (χ0n) is 11.3. The van der Waals surface area contributed by atoms with Crippen molar-refractivity contribution in [2.24, 2.45) is 5.73 Å². The highest BCUT2D eigenvalue weighted by atomic mass is 32.2. The molecule has 0 unspecified atom stereocenters. The van der Waals surface area contributed by atoms with Gasteiger partial charge in [-0.1, -0.05) is 30.3 Å². The van der Waals surface area contributed by atoms with Gasteiger partial charge in [0.2, 0.25) is 10.0 Å². The molecule has 2 N–H and O–H groups in total. The first kappa shape index (κ1) is 16.1. The van der Waals surface area contributed by atoms with Gasteiger partial charge in [-0.2, -0.15) is 4.31 Å². The molecular weight excluding hydrogens is 264 g/mol. The van der Waals surface area contributed by atoms with Crippen LogP contribution in [-0.2, 0) is 21.3 Å². The van der Waals surface area contributed by atoms with E-state index in [4.69, 9.17) is 10.5 Å². The van der Waals surface area contributed by atoms with Crippen LogP contribution in [0.15, 0.2) is 30.3 Å². The second kappa shape index (κ2) is 8.27. The number of hydrogen-bond donors (Lipinski definition) is 1. The SMILES string of the molecule is CCOCCS(=O)(=O)N(CCN)Cc1ccccc1. The Bertz CT molecular complexity index is 448. The smallest absolute Gasteiger partial charge is 0.216 e. The molecular formula is C13H22N2O3S. The Morgan fingerprint density at radius 2 is 1.95 bits per heavy atom. The van der Waals surface area contributed by atoms with E-state index >= 15 is 0 Å². The summed E-state index contributed by atoms with van der Waals surface area (Å²) in [6.45, 7) is 3.56. The number of nitrogens with two attached hydrogens (primary N) is 1. The summed E-state index contributed by atoms with van der Waals surface area (Å²) in [5, 5.41) is 0. The van der Waals surface area contributed by atoms with E-state index in [9.17, 15) is 8.42 Å². The Labute approximate surface area is 115 Å².